The second kappa shape index (κ2) is 11.2. The van der Waals surface area contributed by atoms with Gasteiger partial charge >= 0.3 is 6.03 Å². The number of aryl methyl sites for hydroxylation is 1. The lowest BCUT2D eigenvalue weighted by atomic mass is 10.1. The summed E-state index contributed by atoms with van der Waals surface area (Å²) in [5, 5.41) is 16.4. The number of aromatic nitrogens is 1. The number of amides is 3. The minimum atomic E-state index is -0.481. The number of hydrogen-bond donors (Lipinski definition) is 2. The van der Waals surface area contributed by atoms with E-state index in [4.69, 9.17) is 9.47 Å². The molecule has 3 amide bonds. The standard InChI is InChI=1S/C29H25IN6O4S/c1-16-11-20(30)21(12-22(16)39-2)36-25-18(13-31)14-32-28-23(25)24(34-29(36)38)26(41-28)27(37)33-19-5-3-17(4-6-19)15-35-7-9-40-10-8-35/h3-6,11-12,14H,7-10,15H2,1-2H3,(H,33,37)(H,34,38). The largest absolute Gasteiger partial charge is 0.496 e. The molecule has 4 aromatic rings. The Labute approximate surface area is 254 Å². The maximum atomic E-state index is 13.6. The number of hydrogen-bond acceptors (Lipinski definition) is 8. The first-order chi connectivity index (χ1) is 19.9. The predicted molar refractivity (Wildman–Crippen MR) is 166 cm³/mol. The number of nitrogens with one attached hydrogen (secondary N) is 2. The van der Waals surface area contributed by atoms with Crippen molar-refractivity contribution in [3.63, 3.8) is 0 Å². The zero-order chi connectivity index (χ0) is 28.7. The molecule has 4 heterocycles. The number of carbonyl (C=O) groups is 2. The van der Waals surface area contributed by atoms with Crippen LogP contribution in [0.5, 0.6) is 5.75 Å². The summed E-state index contributed by atoms with van der Waals surface area (Å²) in [4.78, 5) is 36.2. The van der Waals surface area contributed by atoms with Gasteiger partial charge in [0.15, 0.2) is 0 Å². The van der Waals surface area contributed by atoms with Gasteiger partial charge in [-0.3, -0.25) is 14.6 Å². The molecule has 2 aromatic carbocycles. The van der Waals surface area contributed by atoms with Crippen LogP contribution >= 0.6 is 33.9 Å². The van der Waals surface area contributed by atoms with Gasteiger partial charge in [0, 0.05) is 41.2 Å². The highest BCUT2D eigenvalue weighted by atomic mass is 127. The van der Waals surface area contributed by atoms with Crippen molar-refractivity contribution in [1.82, 2.24) is 9.88 Å². The maximum absolute atomic E-state index is 13.6. The van der Waals surface area contributed by atoms with E-state index in [0.29, 0.717) is 43.6 Å². The number of ether oxygens (including phenoxy) is 2. The quantitative estimate of drug-likeness (QED) is 0.245. The molecule has 1 saturated heterocycles. The van der Waals surface area contributed by atoms with E-state index in [0.717, 1.165) is 47.5 Å². The van der Waals surface area contributed by atoms with E-state index in [9.17, 15) is 14.9 Å². The fourth-order valence-electron chi connectivity index (χ4n) is 5.07. The first-order valence-electron chi connectivity index (χ1n) is 12.9. The minimum Gasteiger partial charge on any atom is -0.496 e. The molecule has 0 saturated carbocycles. The van der Waals surface area contributed by atoms with Gasteiger partial charge in [-0.1, -0.05) is 12.1 Å². The van der Waals surface area contributed by atoms with E-state index in [1.54, 1.807) is 13.2 Å². The average molecular weight is 681 g/mol. The molecule has 2 aliphatic rings. The molecule has 0 radical (unpaired) electrons. The minimum absolute atomic E-state index is 0.226. The summed E-state index contributed by atoms with van der Waals surface area (Å²) >= 11 is 3.33. The van der Waals surface area contributed by atoms with E-state index in [1.807, 2.05) is 37.3 Å². The third kappa shape index (κ3) is 5.10. The smallest absolute Gasteiger partial charge is 0.331 e. The summed E-state index contributed by atoms with van der Waals surface area (Å²) in [6, 6.07) is 13.1. The van der Waals surface area contributed by atoms with Gasteiger partial charge in [-0.2, -0.15) is 5.26 Å². The highest BCUT2D eigenvalue weighted by Crippen LogP contribution is 2.48. The van der Waals surface area contributed by atoms with Crippen molar-refractivity contribution >= 4 is 78.8 Å². The van der Waals surface area contributed by atoms with Crippen LogP contribution in [0.3, 0.4) is 0 Å². The van der Waals surface area contributed by atoms with Gasteiger partial charge in [-0.05, 0) is 58.8 Å². The number of methoxy groups -OCH3 is 1. The lowest BCUT2D eigenvalue weighted by molar-refractivity contribution is 0.0342. The van der Waals surface area contributed by atoms with Crippen molar-refractivity contribution in [2.45, 2.75) is 13.5 Å². The van der Waals surface area contributed by atoms with Crippen LogP contribution in [-0.4, -0.2) is 55.2 Å². The topological polar surface area (TPSA) is 120 Å². The summed E-state index contributed by atoms with van der Waals surface area (Å²) in [6.45, 7) is 6.02. The third-order valence-corrected chi connectivity index (χ3v) is 9.07. The number of anilines is 4. The Morgan fingerprint density at radius 3 is 2.73 bits per heavy atom. The van der Waals surface area contributed by atoms with Crippen molar-refractivity contribution < 1.29 is 19.1 Å². The van der Waals surface area contributed by atoms with E-state index in [1.165, 1.54) is 22.4 Å². The Balaban J connectivity index is 1.34. The zero-order valence-electron chi connectivity index (χ0n) is 22.3. The third-order valence-electron chi connectivity index (χ3n) is 7.10. The van der Waals surface area contributed by atoms with Gasteiger partial charge in [-0.25, -0.2) is 9.78 Å². The van der Waals surface area contributed by atoms with E-state index < -0.39 is 6.03 Å². The average Bonchev–Trinajstić information content (AvgIpc) is 3.34. The van der Waals surface area contributed by atoms with Gasteiger partial charge in [0.05, 0.1) is 48.3 Å². The van der Waals surface area contributed by atoms with Crippen LogP contribution in [0.4, 0.5) is 27.5 Å². The van der Waals surface area contributed by atoms with Crippen LogP contribution in [0.25, 0.3) is 10.2 Å². The molecule has 12 heteroatoms. The Bertz CT molecular complexity index is 1730. The maximum Gasteiger partial charge on any atom is 0.331 e. The number of nitrogens with zero attached hydrogens (tertiary/aromatic N) is 4. The van der Waals surface area contributed by atoms with E-state index in [-0.39, 0.29) is 11.5 Å². The summed E-state index contributed by atoms with van der Waals surface area (Å²) in [5.74, 6) is 0.248. The Kier molecular flexibility index (Phi) is 7.52. The zero-order valence-corrected chi connectivity index (χ0v) is 25.3. The molecule has 6 rings (SSSR count). The molecule has 208 valence electrons. The van der Waals surface area contributed by atoms with Gasteiger partial charge in [0.25, 0.3) is 5.91 Å². The van der Waals surface area contributed by atoms with Crippen molar-refractivity contribution in [2.24, 2.45) is 0 Å². The Morgan fingerprint density at radius 1 is 1.27 bits per heavy atom. The number of thiophene rings is 1. The fourth-order valence-corrected chi connectivity index (χ4v) is 6.93. The monoisotopic (exact) mass is 680 g/mol. The Morgan fingerprint density at radius 2 is 2.02 bits per heavy atom. The van der Waals surface area contributed by atoms with Crippen LogP contribution in [0.15, 0.2) is 42.6 Å². The lowest BCUT2D eigenvalue weighted by Gasteiger charge is -2.30. The summed E-state index contributed by atoms with van der Waals surface area (Å²) in [5.41, 5.74) is 4.24. The molecule has 0 bridgehead atoms. The second-order valence-corrected chi connectivity index (χ2v) is 11.9. The molecule has 10 nitrogen and oxygen atoms in total. The molecule has 2 aliphatic heterocycles. The van der Waals surface area contributed by atoms with Crippen LogP contribution in [-0.2, 0) is 11.3 Å². The molecule has 1 fully saturated rings. The van der Waals surface area contributed by atoms with Gasteiger partial charge < -0.3 is 20.1 Å². The highest BCUT2D eigenvalue weighted by molar-refractivity contribution is 14.1. The van der Waals surface area contributed by atoms with Gasteiger partial charge in [-0.15, -0.1) is 11.3 Å². The lowest BCUT2D eigenvalue weighted by Crippen LogP contribution is -2.35. The number of pyridine rings is 1. The number of morpholine rings is 1. The number of urea groups is 1. The molecule has 0 unspecified atom stereocenters. The van der Waals surface area contributed by atoms with Crippen molar-refractivity contribution in [3.05, 3.63) is 67.7 Å². The van der Waals surface area contributed by atoms with E-state index in [2.05, 4.69) is 49.2 Å². The van der Waals surface area contributed by atoms with Crippen LogP contribution < -0.4 is 20.3 Å². The number of nitriles is 1. The number of carbonyl (C=O) groups excluding carboxylic acids is 2. The molecular formula is C29H25IN6O4S. The van der Waals surface area contributed by atoms with Crippen LogP contribution in [0.1, 0.15) is 26.4 Å². The number of rotatable bonds is 6. The normalized spacial score (nSPS) is 15.0. The molecule has 2 N–H and O–H groups in total. The Hall–Kier alpha value is -3.77. The summed E-state index contributed by atoms with van der Waals surface area (Å²) in [7, 11) is 1.57. The molecule has 41 heavy (non-hydrogen) atoms. The second-order valence-electron chi connectivity index (χ2n) is 9.70. The van der Waals surface area contributed by atoms with Crippen LogP contribution in [0.2, 0.25) is 0 Å². The predicted octanol–water partition coefficient (Wildman–Crippen LogP) is 5.86. The molecule has 2 aromatic heterocycles. The van der Waals surface area contributed by atoms with Crippen molar-refractivity contribution in [3.8, 4) is 11.8 Å². The number of halogens is 1. The molecular weight excluding hydrogens is 655 g/mol. The first kappa shape index (κ1) is 27.4. The highest BCUT2D eigenvalue weighted by Gasteiger charge is 2.36. The molecule has 0 atom stereocenters. The summed E-state index contributed by atoms with van der Waals surface area (Å²) in [6.07, 6.45) is 1.44. The van der Waals surface area contributed by atoms with Gasteiger partial charge in [0.2, 0.25) is 0 Å². The fraction of sp³-hybridized carbons (Fsp3) is 0.241. The SMILES string of the molecule is COc1cc(N2C(=O)Nc3c(C(=O)Nc4ccc(CN5CCOCC5)cc4)sc4ncc(C#N)c2c34)c(I)cc1C. The first-order valence-corrected chi connectivity index (χ1v) is 14.8. The van der Waals surface area contributed by atoms with Crippen molar-refractivity contribution in [1.29, 1.82) is 5.26 Å². The van der Waals surface area contributed by atoms with Gasteiger partial charge in [0.1, 0.15) is 21.5 Å². The number of benzene rings is 2. The van der Waals surface area contributed by atoms with Crippen LogP contribution in [0, 0.1) is 21.8 Å². The van der Waals surface area contributed by atoms with Crippen molar-refractivity contribution in [2.75, 3.05) is 48.9 Å². The van der Waals surface area contributed by atoms with E-state index >= 15 is 0 Å². The molecule has 0 aliphatic carbocycles. The molecule has 0 spiro atoms. The summed E-state index contributed by atoms with van der Waals surface area (Å²) < 4.78 is 11.7.